The minimum Gasteiger partial charge on any atom is -0.397 e. The first-order chi connectivity index (χ1) is 9.43. The van der Waals surface area contributed by atoms with Gasteiger partial charge in [0.1, 0.15) is 0 Å². The number of nitrogens with zero attached hydrogens (tertiary/aromatic N) is 1. The van der Waals surface area contributed by atoms with Crippen molar-refractivity contribution >= 4 is 22.3 Å². The highest BCUT2D eigenvalue weighted by atomic mass is 16.3. The Morgan fingerprint density at radius 2 is 2.05 bits per heavy atom. The van der Waals surface area contributed by atoms with E-state index < -0.39 is 0 Å². The summed E-state index contributed by atoms with van der Waals surface area (Å²) in [6.07, 6.45) is 2.47. The monoisotopic (exact) mass is 273 g/mol. The van der Waals surface area contributed by atoms with Crippen LogP contribution in [0.25, 0.3) is 10.9 Å². The molecule has 0 aliphatic heterocycles. The predicted octanol–water partition coefficient (Wildman–Crippen LogP) is 3.03. The number of anilines is 2. The van der Waals surface area contributed by atoms with Crippen LogP contribution < -0.4 is 11.1 Å². The van der Waals surface area contributed by atoms with Crippen molar-refractivity contribution in [1.82, 2.24) is 4.98 Å². The van der Waals surface area contributed by atoms with E-state index in [2.05, 4.69) is 31.1 Å². The van der Waals surface area contributed by atoms with Gasteiger partial charge in [-0.2, -0.15) is 0 Å². The van der Waals surface area contributed by atoms with Gasteiger partial charge in [-0.15, -0.1) is 0 Å². The lowest BCUT2D eigenvalue weighted by molar-refractivity contribution is 0.235. The average Bonchev–Trinajstić information content (AvgIpc) is 2.38. The number of hydrogen-bond acceptors (Lipinski definition) is 4. The zero-order valence-corrected chi connectivity index (χ0v) is 12.4. The molecule has 0 amide bonds. The molecule has 1 aromatic carbocycles. The number of aliphatic hydroxyl groups excluding tert-OH is 1. The third-order valence-electron chi connectivity index (χ3n) is 3.60. The second-order valence-electron chi connectivity index (χ2n) is 6.18. The molecular formula is C16H23N3O. The average molecular weight is 273 g/mol. The molecule has 4 N–H and O–H groups in total. The lowest BCUT2D eigenvalue weighted by Gasteiger charge is -2.32. The van der Waals surface area contributed by atoms with E-state index in [9.17, 15) is 5.11 Å². The molecule has 4 nitrogen and oxygen atoms in total. The summed E-state index contributed by atoms with van der Waals surface area (Å²) in [6, 6.07) is 7.94. The van der Waals surface area contributed by atoms with Crippen LogP contribution in [0.3, 0.4) is 0 Å². The Hall–Kier alpha value is -1.81. The summed E-state index contributed by atoms with van der Waals surface area (Å²) in [5.74, 6) is 0. The molecule has 0 radical (unpaired) electrons. The van der Waals surface area contributed by atoms with Gasteiger partial charge in [-0.25, -0.2) is 0 Å². The normalized spacial score (nSPS) is 13.4. The van der Waals surface area contributed by atoms with Crippen molar-refractivity contribution in [2.24, 2.45) is 5.41 Å². The molecule has 1 heterocycles. The Morgan fingerprint density at radius 3 is 2.70 bits per heavy atom. The van der Waals surface area contributed by atoms with Gasteiger partial charge >= 0.3 is 0 Å². The van der Waals surface area contributed by atoms with E-state index in [1.807, 2.05) is 24.3 Å². The number of nitrogen functional groups attached to an aromatic ring is 1. The first-order valence-electron chi connectivity index (χ1n) is 6.94. The number of aliphatic hydroxyl groups is 1. The van der Waals surface area contributed by atoms with Crippen LogP contribution in [0.4, 0.5) is 11.4 Å². The number of aromatic nitrogens is 1. The molecule has 1 unspecified atom stereocenters. The lowest BCUT2D eigenvalue weighted by Crippen LogP contribution is -2.34. The smallest absolute Gasteiger partial charge is 0.0951 e. The molecule has 0 saturated carbocycles. The molecule has 2 aromatic rings. The maximum absolute atomic E-state index is 9.26. The van der Waals surface area contributed by atoms with Gasteiger partial charge in [0.05, 0.1) is 11.2 Å². The van der Waals surface area contributed by atoms with E-state index in [1.165, 1.54) is 0 Å². The van der Waals surface area contributed by atoms with Crippen LogP contribution in [-0.4, -0.2) is 22.7 Å². The standard InChI is InChI=1S/C16H23N3O/c1-16(2,3)14(8-10-20)19-13-7-9-18-15-11(13)5-4-6-12(15)17/h4-7,9,14,20H,8,10,17H2,1-3H3,(H,18,19). The number of fused-ring (bicyclic) bond motifs is 1. The van der Waals surface area contributed by atoms with E-state index in [0.29, 0.717) is 12.1 Å². The van der Waals surface area contributed by atoms with Crippen LogP contribution in [0.2, 0.25) is 0 Å². The van der Waals surface area contributed by atoms with E-state index in [4.69, 9.17) is 5.73 Å². The maximum Gasteiger partial charge on any atom is 0.0951 e. The summed E-state index contributed by atoms with van der Waals surface area (Å²) in [5, 5.41) is 13.8. The molecule has 0 aliphatic rings. The van der Waals surface area contributed by atoms with Crippen LogP contribution in [-0.2, 0) is 0 Å². The van der Waals surface area contributed by atoms with Gasteiger partial charge < -0.3 is 16.2 Å². The predicted molar refractivity (Wildman–Crippen MR) is 84.7 cm³/mol. The van der Waals surface area contributed by atoms with Crippen LogP contribution in [0.5, 0.6) is 0 Å². The molecule has 0 fully saturated rings. The summed E-state index contributed by atoms with van der Waals surface area (Å²) in [4.78, 5) is 4.34. The first kappa shape index (κ1) is 14.6. The largest absolute Gasteiger partial charge is 0.397 e. The zero-order chi connectivity index (χ0) is 14.8. The fourth-order valence-electron chi connectivity index (χ4n) is 2.36. The van der Waals surface area contributed by atoms with Crippen molar-refractivity contribution in [3.05, 3.63) is 30.5 Å². The van der Waals surface area contributed by atoms with Gasteiger partial charge in [0, 0.05) is 29.9 Å². The second-order valence-corrected chi connectivity index (χ2v) is 6.18. The van der Waals surface area contributed by atoms with Crippen LogP contribution in [0, 0.1) is 5.41 Å². The van der Waals surface area contributed by atoms with Crippen molar-refractivity contribution in [2.75, 3.05) is 17.7 Å². The molecule has 1 aromatic heterocycles. The second kappa shape index (κ2) is 5.67. The third kappa shape index (κ3) is 3.02. The van der Waals surface area contributed by atoms with Crippen LogP contribution in [0.1, 0.15) is 27.2 Å². The van der Waals surface area contributed by atoms with Crippen LogP contribution in [0.15, 0.2) is 30.5 Å². The molecule has 1 atom stereocenters. The first-order valence-corrected chi connectivity index (χ1v) is 6.94. The molecule has 2 rings (SSSR count). The third-order valence-corrected chi connectivity index (χ3v) is 3.60. The van der Waals surface area contributed by atoms with Crippen LogP contribution >= 0.6 is 0 Å². The number of nitrogens with one attached hydrogen (secondary N) is 1. The highest BCUT2D eigenvalue weighted by Crippen LogP contribution is 2.30. The topological polar surface area (TPSA) is 71.2 Å². The van der Waals surface area contributed by atoms with Crippen molar-refractivity contribution in [3.63, 3.8) is 0 Å². The van der Waals surface area contributed by atoms with E-state index in [0.717, 1.165) is 16.6 Å². The molecule has 0 saturated heterocycles. The minimum atomic E-state index is 0.0542. The summed E-state index contributed by atoms with van der Waals surface area (Å²) in [5.41, 5.74) is 8.53. The fraction of sp³-hybridized carbons (Fsp3) is 0.438. The summed E-state index contributed by atoms with van der Waals surface area (Å²) in [7, 11) is 0. The van der Waals surface area contributed by atoms with Gasteiger partial charge in [-0.05, 0) is 24.0 Å². The highest BCUT2D eigenvalue weighted by molar-refractivity contribution is 5.97. The van der Waals surface area contributed by atoms with Gasteiger partial charge in [0.25, 0.3) is 0 Å². The van der Waals surface area contributed by atoms with E-state index >= 15 is 0 Å². The van der Waals surface area contributed by atoms with Crippen molar-refractivity contribution in [2.45, 2.75) is 33.2 Å². The summed E-state index contributed by atoms with van der Waals surface area (Å²) < 4.78 is 0. The highest BCUT2D eigenvalue weighted by Gasteiger charge is 2.24. The minimum absolute atomic E-state index is 0.0542. The Morgan fingerprint density at radius 1 is 1.30 bits per heavy atom. The van der Waals surface area contributed by atoms with Gasteiger partial charge in [-0.1, -0.05) is 32.9 Å². The van der Waals surface area contributed by atoms with Gasteiger partial charge in [-0.3, -0.25) is 4.98 Å². The SMILES string of the molecule is CC(C)(C)C(CCO)Nc1ccnc2c(N)cccc12. The number of hydrogen-bond donors (Lipinski definition) is 3. The molecule has 4 heteroatoms. The van der Waals surface area contributed by atoms with Crippen molar-refractivity contribution < 1.29 is 5.11 Å². The zero-order valence-electron chi connectivity index (χ0n) is 12.4. The Balaban J connectivity index is 2.40. The quantitative estimate of drug-likeness (QED) is 0.749. The van der Waals surface area contributed by atoms with Gasteiger partial charge in [0.2, 0.25) is 0 Å². The Kier molecular flexibility index (Phi) is 4.14. The molecule has 20 heavy (non-hydrogen) atoms. The number of nitrogens with two attached hydrogens (primary N) is 1. The number of pyridine rings is 1. The Bertz CT molecular complexity index is 590. The fourth-order valence-corrected chi connectivity index (χ4v) is 2.36. The van der Waals surface area contributed by atoms with E-state index in [-0.39, 0.29) is 18.1 Å². The summed E-state index contributed by atoms with van der Waals surface area (Å²) >= 11 is 0. The number of para-hydroxylation sites is 1. The molecule has 108 valence electrons. The molecular weight excluding hydrogens is 250 g/mol. The van der Waals surface area contributed by atoms with Crippen molar-refractivity contribution in [3.8, 4) is 0 Å². The van der Waals surface area contributed by atoms with Crippen molar-refractivity contribution in [1.29, 1.82) is 0 Å². The lowest BCUT2D eigenvalue weighted by atomic mass is 9.84. The number of rotatable bonds is 4. The number of benzene rings is 1. The summed E-state index contributed by atoms with van der Waals surface area (Å²) in [6.45, 7) is 6.66. The molecule has 0 bridgehead atoms. The van der Waals surface area contributed by atoms with Gasteiger partial charge in [0.15, 0.2) is 0 Å². The molecule has 0 spiro atoms. The Labute approximate surface area is 120 Å². The maximum atomic E-state index is 9.26. The molecule has 0 aliphatic carbocycles. The van der Waals surface area contributed by atoms with E-state index in [1.54, 1.807) is 6.20 Å².